The number of hydrogen-bond donors (Lipinski definition) is 3. The van der Waals surface area contributed by atoms with E-state index in [9.17, 15) is 0 Å². The van der Waals surface area contributed by atoms with Gasteiger partial charge >= 0.3 is 0 Å². The number of aromatic amines is 1. The second-order valence-electron chi connectivity index (χ2n) is 5.14. The smallest absolute Gasteiger partial charge is 0.191 e. The molecule has 0 unspecified atom stereocenters. The molecule has 3 aromatic rings. The molecule has 3 N–H and O–H groups in total. The van der Waals surface area contributed by atoms with Crippen LogP contribution in [0.1, 0.15) is 11.3 Å². The number of hydrogen-bond acceptors (Lipinski definition) is 5. The van der Waals surface area contributed by atoms with Crippen molar-refractivity contribution in [2.24, 2.45) is 5.10 Å². The van der Waals surface area contributed by atoms with Crippen molar-refractivity contribution < 1.29 is 9.15 Å². The highest BCUT2D eigenvalue weighted by Crippen LogP contribution is 2.23. The van der Waals surface area contributed by atoms with Crippen molar-refractivity contribution in [1.29, 1.82) is 0 Å². The van der Waals surface area contributed by atoms with Crippen molar-refractivity contribution >= 4 is 29.2 Å². The maximum absolute atomic E-state index is 5.60. The van der Waals surface area contributed by atoms with E-state index in [2.05, 4.69) is 26.0 Å². The van der Waals surface area contributed by atoms with Crippen molar-refractivity contribution in [3.8, 4) is 17.2 Å². The van der Waals surface area contributed by atoms with Gasteiger partial charge in [0.15, 0.2) is 10.9 Å². The lowest BCUT2D eigenvalue weighted by Gasteiger charge is -2.10. The Morgan fingerprint density at radius 1 is 1.32 bits per heavy atom. The van der Waals surface area contributed by atoms with Crippen LogP contribution in [-0.2, 0) is 0 Å². The molecule has 0 aliphatic rings. The molecule has 0 radical (unpaired) electrons. The van der Waals surface area contributed by atoms with E-state index in [1.807, 2.05) is 43.3 Å². The van der Waals surface area contributed by atoms with Crippen molar-refractivity contribution in [1.82, 2.24) is 15.6 Å². The van der Waals surface area contributed by atoms with Gasteiger partial charge in [-0.05, 0) is 43.4 Å². The maximum Gasteiger partial charge on any atom is 0.191 e. The van der Waals surface area contributed by atoms with Crippen LogP contribution in [0.15, 0.2) is 52.1 Å². The zero-order valence-electron chi connectivity index (χ0n) is 13.7. The van der Waals surface area contributed by atoms with Crippen LogP contribution in [0, 0.1) is 6.92 Å². The van der Waals surface area contributed by atoms with E-state index < -0.39 is 0 Å². The molecule has 2 heterocycles. The Kier molecular flexibility index (Phi) is 5.10. The molecule has 0 atom stereocenters. The van der Waals surface area contributed by atoms with Gasteiger partial charge in [0.1, 0.15) is 17.2 Å². The van der Waals surface area contributed by atoms with Crippen LogP contribution < -0.4 is 15.5 Å². The lowest BCUT2D eigenvalue weighted by molar-refractivity contribution is 0.417. The molecule has 2 aromatic heterocycles. The van der Waals surface area contributed by atoms with E-state index in [0.29, 0.717) is 16.6 Å². The van der Waals surface area contributed by atoms with Crippen LogP contribution in [0.25, 0.3) is 11.5 Å². The van der Waals surface area contributed by atoms with E-state index in [-0.39, 0.29) is 0 Å². The minimum atomic E-state index is 0.347. The molecule has 1 aromatic carbocycles. The Labute approximate surface area is 150 Å². The maximum atomic E-state index is 5.60. The second-order valence-corrected chi connectivity index (χ2v) is 5.54. The standard InChI is InChI=1S/C17H17N5O2S/c1-11-7-8-15(24-11)16-12(9-18-21-16)10-19-22-17(25)20-13-5-3-4-6-14(13)23-2/h3-10H,1-2H3,(H,18,21)(H2,20,22,25). The number of benzene rings is 1. The number of nitrogens with zero attached hydrogens (tertiary/aromatic N) is 2. The number of furan rings is 1. The molecule has 8 heteroatoms. The van der Waals surface area contributed by atoms with Crippen LogP contribution >= 0.6 is 12.2 Å². The molecule has 0 aliphatic heterocycles. The first kappa shape index (κ1) is 16.7. The Morgan fingerprint density at radius 3 is 2.92 bits per heavy atom. The highest BCUT2D eigenvalue weighted by Gasteiger charge is 2.09. The highest BCUT2D eigenvalue weighted by molar-refractivity contribution is 7.80. The second kappa shape index (κ2) is 7.63. The van der Waals surface area contributed by atoms with Gasteiger partial charge in [0.2, 0.25) is 0 Å². The Balaban J connectivity index is 1.64. The molecular formula is C17H17N5O2S. The fourth-order valence-corrected chi connectivity index (χ4v) is 2.38. The van der Waals surface area contributed by atoms with E-state index in [4.69, 9.17) is 21.4 Å². The average Bonchev–Trinajstić information content (AvgIpc) is 3.24. The molecule has 7 nitrogen and oxygen atoms in total. The van der Waals surface area contributed by atoms with Crippen LogP contribution in [0.4, 0.5) is 5.69 Å². The van der Waals surface area contributed by atoms with Gasteiger partial charge in [-0.3, -0.25) is 10.5 Å². The molecule has 0 saturated heterocycles. The molecule has 128 valence electrons. The number of thiocarbonyl (C=S) groups is 1. The van der Waals surface area contributed by atoms with E-state index in [1.165, 1.54) is 0 Å². The molecule has 0 spiro atoms. The van der Waals surface area contributed by atoms with Gasteiger partial charge in [-0.1, -0.05) is 12.1 Å². The van der Waals surface area contributed by atoms with Crippen molar-refractivity contribution in [2.45, 2.75) is 6.92 Å². The van der Waals surface area contributed by atoms with E-state index in [1.54, 1.807) is 19.5 Å². The molecular weight excluding hydrogens is 338 g/mol. The van der Waals surface area contributed by atoms with Crippen molar-refractivity contribution in [2.75, 3.05) is 12.4 Å². The van der Waals surface area contributed by atoms with Crippen molar-refractivity contribution in [3.05, 3.63) is 53.9 Å². The monoisotopic (exact) mass is 355 g/mol. The van der Waals surface area contributed by atoms with Crippen LogP contribution in [0.5, 0.6) is 5.75 Å². The molecule has 0 amide bonds. The van der Waals surface area contributed by atoms with E-state index in [0.717, 1.165) is 22.7 Å². The third kappa shape index (κ3) is 4.04. The Hall–Kier alpha value is -3.13. The highest BCUT2D eigenvalue weighted by atomic mass is 32.1. The summed E-state index contributed by atoms with van der Waals surface area (Å²) in [5.41, 5.74) is 5.06. The molecule has 0 bridgehead atoms. The molecule has 25 heavy (non-hydrogen) atoms. The van der Waals surface area contributed by atoms with Crippen LogP contribution in [0.2, 0.25) is 0 Å². The number of ether oxygens (including phenoxy) is 1. The third-order valence-corrected chi connectivity index (χ3v) is 3.57. The SMILES string of the molecule is COc1ccccc1NC(=S)NN=Cc1cn[nH]c1-c1ccc(C)o1. The summed E-state index contributed by atoms with van der Waals surface area (Å²) >= 11 is 5.23. The lowest BCUT2D eigenvalue weighted by Crippen LogP contribution is -2.24. The summed E-state index contributed by atoms with van der Waals surface area (Å²) in [7, 11) is 1.60. The number of methoxy groups -OCH3 is 1. The van der Waals surface area contributed by atoms with Gasteiger partial charge in [0.25, 0.3) is 0 Å². The van der Waals surface area contributed by atoms with E-state index >= 15 is 0 Å². The fourth-order valence-electron chi connectivity index (χ4n) is 2.22. The topological polar surface area (TPSA) is 87.5 Å². The normalized spacial score (nSPS) is 10.8. The number of rotatable bonds is 5. The van der Waals surface area contributed by atoms with Gasteiger partial charge in [0.05, 0.1) is 25.2 Å². The summed E-state index contributed by atoms with van der Waals surface area (Å²) < 4.78 is 10.9. The number of hydrazone groups is 1. The predicted octanol–water partition coefficient (Wildman–Crippen LogP) is 3.31. The Bertz CT molecular complexity index is 900. The summed E-state index contributed by atoms with van der Waals surface area (Å²) in [4.78, 5) is 0. The molecule has 0 aliphatic carbocycles. The summed E-state index contributed by atoms with van der Waals surface area (Å²) in [5, 5.41) is 14.4. The first-order chi connectivity index (χ1) is 12.2. The summed E-state index contributed by atoms with van der Waals surface area (Å²) in [5.74, 6) is 2.22. The Morgan fingerprint density at radius 2 is 2.16 bits per heavy atom. The third-order valence-electron chi connectivity index (χ3n) is 3.38. The minimum absolute atomic E-state index is 0.347. The number of para-hydroxylation sites is 2. The summed E-state index contributed by atoms with van der Waals surface area (Å²) in [6, 6.07) is 11.2. The summed E-state index contributed by atoms with van der Waals surface area (Å²) in [6.45, 7) is 1.89. The predicted molar refractivity (Wildman–Crippen MR) is 101 cm³/mol. The molecule has 3 rings (SSSR count). The molecule has 0 saturated carbocycles. The summed E-state index contributed by atoms with van der Waals surface area (Å²) in [6.07, 6.45) is 3.28. The zero-order valence-corrected chi connectivity index (χ0v) is 14.6. The van der Waals surface area contributed by atoms with Crippen LogP contribution in [-0.4, -0.2) is 28.6 Å². The number of aryl methyl sites for hydroxylation is 1. The molecule has 0 fully saturated rings. The zero-order chi connectivity index (χ0) is 17.6. The average molecular weight is 355 g/mol. The lowest BCUT2D eigenvalue weighted by atomic mass is 10.2. The fraction of sp³-hybridized carbons (Fsp3) is 0.118. The van der Waals surface area contributed by atoms with Gasteiger partial charge < -0.3 is 14.5 Å². The van der Waals surface area contributed by atoms with Gasteiger partial charge in [-0.15, -0.1) is 0 Å². The minimum Gasteiger partial charge on any atom is -0.495 e. The van der Waals surface area contributed by atoms with Gasteiger partial charge in [-0.2, -0.15) is 10.2 Å². The van der Waals surface area contributed by atoms with Gasteiger partial charge in [-0.25, -0.2) is 0 Å². The van der Waals surface area contributed by atoms with Gasteiger partial charge in [0, 0.05) is 5.56 Å². The number of aromatic nitrogens is 2. The number of H-pyrrole nitrogens is 1. The number of anilines is 1. The van der Waals surface area contributed by atoms with Crippen molar-refractivity contribution in [3.63, 3.8) is 0 Å². The first-order valence-corrected chi connectivity index (χ1v) is 7.91. The number of nitrogens with one attached hydrogen (secondary N) is 3. The quantitative estimate of drug-likeness (QED) is 0.370. The largest absolute Gasteiger partial charge is 0.495 e. The van der Waals surface area contributed by atoms with Crippen LogP contribution in [0.3, 0.4) is 0 Å². The first-order valence-electron chi connectivity index (χ1n) is 7.50.